The van der Waals surface area contributed by atoms with Gasteiger partial charge in [0.25, 0.3) is 11.8 Å². The Kier molecular flexibility index (Phi) is 4.48. The lowest BCUT2D eigenvalue weighted by atomic mass is 10.1. The summed E-state index contributed by atoms with van der Waals surface area (Å²) in [4.78, 5) is 25.3. The normalized spacial score (nSPS) is 11.0. The lowest BCUT2D eigenvalue weighted by Gasteiger charge is -2.05. The van der Waals surface area contributed by atoms with Gasteiger partial charge in [-0.3, -0.25) is 4.79 Å². The number of methoxy groups -OCH3 is 1. The van der Waals surface area contributed by atoms with Gasteiger partial charge in [-0.25, -0.2) is 9.97 Å². The molecule has 2 heterocycles. The van der Waals surface area contributed by atoms with Crippen LogP contribution in [0.25, 0.3) is 11.0 Å². The molecule has 0 aliphatic rings. The number of aromatic nitrogens is 4. The van der Waals surface area contributed by atoms with E-state index >= 15 is 0 Å². The molecular formula is C16H17N5O3. The van der Waals surface area contributed by atoms with Crippen LogP contribution in [-0.4, -0.2) is 33.1 Å². The second-order valence-corrected chi connectivity index (χ2v) is 5.32. The van der Waals surface area contributed by atoms with Crippen molar-refractivity contribution in [3.63, 3.8) is 0 Å². The van der Waals surface area contributed by atoms with Crippen molar-refractivity contribution in [1.29, 1.82) is 0 Å². The minimum atomic E-state index is -0.241. The minimum absolute atomic E-state index is 0.169. The standard InChI is InChI=1S/C16H17N5O3/c1-9-10(2)19-13-6-11(4-5-12(13)18-9)16(22)17-7-14-20-15(8-23-3)24-21-14/h4-6H,7-8H2,1-3H3,(H,17,22). The highest BCUT2D eigenvalue weighted by molar-refractivity contribution is 5.97. The summed E-state index contributed by atoms with van der Waals surface area (Å²) in [5, 5.41) is 6.52. The lowest BCUT2D eigenvalue weighted by Crippen LogP contribution is -2.23. The molecular weight excluding hydrogens is 310 g/mol. The fourth-order valence-corrected chi connectivity index (χ4v) is 2.18. The first-order valence-electron chi connectivity index (χ1n) is 7.40. The molecule has 8 heteroatoms. The number of ether oxygens (including phenoxy) is 1. The van der Waals surface area contributed by atoms with Crippen LogP contribution in [0.1, 0.15) is 33.5 Å². The number of aryl methyl sites for hydroxylation is 2. The zero-order valence-electron chi connectivity index (χ0n) is 13.7. The Labute approximate surface area is 138 Å². The van der Waals surface area contributed by atoms with Crippen molar-refractivity contribution < 1.29 is 14.1 Å². The highest BCUT2D eigenvalue weighted by Gasteiger charge is 2.11. The van der Waals surface area contributed by atoms with Gasteiger partial charge in [0, 0.05) is 12.7 Å². The molecule has 0 fully saturated rings. The van der Waals surface area contributed by atoms with Gasteiger partial charge >= 0.3 is 0 Å². The van der Waals surface area contributed by atoms with Gasteiger partial charge in [0.1, 0.15) is 6.61 Å². The van der Waals surface area contributed by atoms with Crippen molar-refractivity contribution in [3.8, 4) is 0 Å². The number of fused-ring (bicyclic) bond motifs is 1. The summed E-state index contributed by atoms with van der Waals surface area (Å²) in [5.41, 5.74) is 3.67. The predicted molar refractivity (Wildman–Crippen MR) is 85.2 cm³/mol. The number of carbonyl (C=O) groups is 1. The molecule has 0 radical (unpaired) electrons. The average molecular weight is 327 g/mol. The van der Waals surface area contributed by atoms with Gasteiger partial charge in [0.2, 0.25) is 0 Å². The summed E-state index contributed by atoms with van der Waals surface area (Å²) in [6, 6.07) is 5.22. The van der Waals surface area contributed by atoms with Crippen molar-refractivity contribution in [1.82, 2.24) is 25.4 Å². The highest BCUT2D eigenvalue weighted by Crippen LogP contribution is 2.14. The maximum Gasteiger partial charge on any atom is 0.252 e. The molecule has 0 aliphatic heterocycles. The third-order valence-corrected chi connectivity index (χ3v) is 3.52. The molecule has 3 rings (SSSR count). The van der Waals surface area contributed by atoms with Crippen molar-refractivity contribution >= 4 is 16.9 Å². The van der Waals surface area contributed by atoms with Gasteiger partial charge in [-0.05, 0) is 32.0 Å². The Balaban J connectivity index is 1.72. The molecule has 0 bridgehead atoms. The smallest absolute Gasteiger partial charge is 0.252 e. The summed E-state index contributed by atoms with van der Waals surface area (Å²) in [6.45, 7) is 4.21. The second kappa shape index (κ2) is 6.71. The van der Waals surface area contributed by atoms with Crippen LogP contribution < -0.4 is 5.32 Å². The molecule has 124 valence electrons. The van der Waals surface area contributed by atoms with Crippen LogP contribution >= 0.6 is 0 Å². The molecule has 3 aromatic rings. The van der Waals surface area contributed by atoms with E-state index in [1.54, 1.807) is 18.2 Å². The van der Waals surface area contributed by atoms with Crippen LogP contribution in [0, 0.1) is 13.8 Å². The van der Waals surface area contributed by atoms with E-state index in [-0.39, 0.29) is 19.1 Å². The number of hydrogen-bond acceptors (Lipinski definition) is 7. The maximum absolute atomic E-state index is 12.3. The van der Waals surface area contributed by atoms with Gasteiger partial charge in [-0.2, -0.15) is 4.98 Å². The molecule has 0 aliphatic carbocycles. The summed E-state index contributed by atoms with van der Waals surface area (Å²) < 4.78 is 9.87. The molecule has 0 saturated carbocycles. The number of benzene rings is 1. The van der Waals surface area contributed by atoms with Gasteiger partial charge in [0.15, 0.2) is 5.82 Å². The molecule has 1 amide bonds. The van der Waals surface area contributed by atoms with E-state index in [4.69, 9.17) is 9.26 Å². The third kappa shape index (κ3) is 3.38. The van der Waals surface area contributed by atoms with Crippen LogP contribution in [0.15, 0.2) is 22.7 Å². The van der Waals surface area contributed by atoms with Crippen LogP contribution in [0.3, 0.4) is 0 Å². The van der Waals surface area contributed by atoms with Crippen molar-refractivity contribution in [2.24, 2.45) is 0 Å². The first-order chi connectivity index (χ1) is 11.6. The van der Waals surface area contributed by atoms with Gasteiger partial charge in [0.05, 0.1) is 29.0 Å². The molecule has 2 aromatic heterocycles. The van der Waals surface area contributed by atoms with E-state index in [2.05, 4.69) is 25.4 Å². The first-order valence-corrected chi connectivity index (χ1v) is 7.40. The number of amides is 1. The topological polar surface area (TPSA) is 103 Å². The molecule has 1 N–H and O–H groups in total. The number of rotatable bonds is 5. The SMILES string of the molecule is COCc1nc(CNC(=O)c2ccc3nc(C)c(C)nc3c2)no1. The number of nitrogens with zero attached hydrogens (tertiary/aromatic N) is 4. The fourth-order valence-electron chi connectivity index (χ4n) is 2.18. The van der Waals surface area contributed by atoms with Crippen LogP contribution in [-0.2, 0) is 17.9 Å². The molecule has 0 unspecified atom stereocenters. The summed E-state index contributed by atoms with van der Waals surface area (Å²) in [5.74, 6) is 0.519. The van der Waals surface area contributed by atoms with Gasteiger partial charge in [-0.15, -0.1) is 0 Å². The molecule has 0 saturated heterocycles. The Bertz CT molecular complexity index is 891. The number of nitrogens with one attached hydrogen (secondary N) is 1. The van der Waals surface area contributed by atoms with Crippen LogP contribution in [0.5, 0.6) is 0 Å². The monoisotopic (exact) mass is 327 g/mol. The zero-order valence-corrected chi connectivity index (χ0v) is 13.7. The second-order valence-electron chi connectivity index (χ2n) is 5.32. The van der Waals surface area contributed by atoms with Crippen molar-refractivity contribution in [2.45, 2.75) is 27.0 Å². The zero-order chi connectivity index (χ0) is 17.1. The van der Waals surface area contributed by atoms with Crippen LogP contribution in [0.4, 0.5) is 0 Å². The Morgan fingerprint density at radius 1 is 1.17 bits per heavy atom. The van der Waals surface area contributed by atoms with E-state index < -0.39 is 0 Å². The number of hydrogen-bond donors (Lipinski definition) is 1. The predicted octanol–water partition coefficient (Wildman–Crippen LogP) is 1.71. The average Bonchev–Trinajstić information content (AvgIpc) is 3.01. The molecule has 0 atom stereocenters. The lowest BCUT2D eigenvalue weighted by molar-refractivity contribution is 0.0949. The van der Waals surface area contributed by atoms with Crippen LogP contribution in [0.2, 0.25) is 0 Å². The maximum atomic E-state index is 12.3. The first kappa shape index (κ1) is 16.0. The van der Waals surface area contributed by atoms with Gasteiger partial charge in [-0.1, -0.05) is 5.16 Å². The van der Waals surface area contributed by atoms with Crippen molar-refractivity contribution in [3.05, 3.63) is 46.9 Å². The Morgan fingerprint density at radius 3 is 2.67 bits per heavy atom. The summed E-state index contributed by atoms with van der Waals surface area (Å²) in [7, 11) is 1.54. The molecule has 1 aromatic carbocycles. The minimum Gasteiger partial charge on any atom is -0.375 e. The van der Waals surface area contributed by atoms with E-state index in [0.717, 1.165) is 16.9 Å². The Hall–Kier alpha value is -2.87. The third-order valence-electron chi connectivity index (χ3n) is 3.52. The van der Waals surface area contributed by atoms with E-state index in [9.17, 15) is 4.79 Å². The molecule has 8 nitrogen and oxygen atoms in total. The van der Waals surface area contributed by atoms with E-state index in [0.29, 0.717) is 22.8 Å². The highest BCUT2D eigenvalue weighted by atomic mass is 16.5. The fraction of sp³-hybridized carbons (Fsp3) is 0.312. The van der Waals surface area contributed by atoms with Gasteiger partial charge < -0.3 is 14.6 Å². The molecule has 0 spiro atoms. The molecule has 24 heavy (non-hydrogen) atoms. The summed E-state index contributed by atoms with van der Waals surface area (Å²) >= 11 is 0. The van der Waals surface area contributed by atoms with Crippen molar-refractivity contribution in [2.75, 3.05) is 7.11 Å². The van der Waals surface area contributed by atoms with E-state index in [1.165, 1.54) is 7.11 Å². The summed E-state index contributed by atoms with van der Waals surface area (Å²) in [6.07, 6.45) is 0. The quantitative estimate of drug-likeness (QED) is 0.760. The Morgan fingerprint density at radius 2 is 1.92 bits per heavy atom. The number of carbonyl (C=O) groups excluding carboxylic acids is 1. The van der Waals surface area contributed by atoms with E-state index in [1.807, 2.05) is 13.8 Å². The largest absolute Gasteiger partial charge is 0.375 e.